The number of guanidine groups is 1. The Bertz CT molecular complexity index is 821. The normalized spacial score (nSPS) is 11.3. The van der Waals surface area contributed by atoms with E-state index in [-0.39, 0.29) is 5.69 Å². The van der Waals surface area contributed by atoms with Gasteiger partial charge in [-0.05, 0) is 18.6 Å². The Morgan fingerprint density at radius 2 is 2.17 bits per heavy atom. The largest absolute Gasteiger partial charge is 0.493 e. The molecule has 0 amide bonds. The molecule has 10 heteroatoms. The highest BCUT2D eigenvalue weighted by atomic mass is 16.6. The minimum atomic E-state index is -0.464. The molecule has 10 nitrogen and oxygen atoms in total. The zero-order valence-corrected chi connectivity index (χ0v) is 17.1. The Hall–Kier alpha value is -3.14. The third kappa shape index (κ3) is 7.41. The van der Waals surface area contributed by atoms with Crippen LogP contribution in [-0.2, 0) is 17.8 Å². The number of nitro groups is 1. The van der Waals surface area contributed by atoms with Gasteiger partial charge in [0.2, 0.25) is 0 Å². The molecular weight excluding hydrogens is 376 g/mol. The second kappa shape index (κ2) is 11.6. The average molecular weight is 404 g/mol. The lowest BCUT2D eigenvalue weighted by molar-refractivity contribution is -0.385. The molecule has 1 aromatic heterocycles. The molecule has 2 N–H and O–H groups in total. The van der Waals surface area contributed by atoms with Crippen LogP contribution >= 0.6 is 0 Å². The van der Waals surface area contributed by atoms with Crippen LogP contribution in [0.1, 0.15) is 17.5 Å². The lowest BCUT2D eigenvalue weighted by atomic mass is 10.1. The van der Waals surface area contributed by atoms with Crippen LogP contribution in [0.5, 0.6) is 5.75 Å². The van der Waals surface area contributed by atoms with Gasteiger partial charge in [0.25, 0.3) is 0 Å². The molecule has 0 aliphatic carbocycles. The number of rotatable bonds is 11. The monoisotopic (exact) mass is 404 g/mol. The van der Waals surface area contributed by atoms with E-state index in [1.807, 2.05) is 25.1 Å². The summed E-state index contributed by atoms with van der Waals surface area (Å²) >= 11 is 0. The van der Waals surface area contributed by atoms with Gasteiger partial charge in [-0.25, -0.2) is 0 Å². The zero-order chi connectivity index (χ0) is 21.1. The smallest absolute Gasteiger partial charge is 0.306 e. The van der Waals surface area contributed by atoms with E-state index in [1.54, 1.807) is 14.2 Å². The molecule has 2 aromatic rings. The number of ether oxygens (including phenoxy) is 2. The first-order valence-corrected chi connectivity index (χ1v) is 9.36. The number of aryl methyl sites for hydroxylation is 1. The predicted molar refractivity (Wildman–Crippen MR) is 110 cm³/mol. The van der Waals surface area contributed by atoms with Crippen LogP contribution in [0.4, 0.5) is 5.69 Å². The number of hydrogen-bond donors (Lipinski definition) is 2. The van der Waals surface area contributed by atoms with Crippen molar-refractivity contribution in [2.75, 3.05) is 33.9 Å². The topological polar surface area (TPSA) is 116 Å². The van der Waals surface area contributed by atoms with Gasteiger partial charge in [0.1, 0.15) is 18.1 Å². The van der Waals surface area contributed by atoms with Crippen molar-refractivity contribution in [2.45, 2.75) is 26.4 Å². The molecule has 0 spiro atoms. The van der Waals surface area contributed by atoms with Crippen LogP contribution in [0.15, 0.2) is 35.6 Å². The average Bonchev–Trinajstić information content (AvgIpc) is 3.18. The molecule has 1 heterocycles. The summed E-state index contributed by atoms with van der Waals surface area (Å²) in [7, 11) is 3.36. The quantitative estimate of drug-likeness (QED) is 0.193. The van der Waals surface area contributed by atoms with Gasteiger partial charge in [0.15, 0.2) is 5.96 Å². The van der Waals surface area contributed by atoms with Crippen LogP contribution in [0.2, 0.25) is 0 Å². The molecule has 0 saturated carbocycles. The summed E-state index contributed by atoms with van der Waals surface area (Å²) in [5, 5.41) is 21.1. The fourth-order valence-corrected chi connectivity index (χ4v) is 2.59. The summed E-state index contributed by atoms with van der Waals surface area (Å²) in [6.07, 6.45) is 3.46. The third-order valence-electron chi connectivity index (χ3n) is 4.11. The number of aromatic nitrogens is 2. The Kier molecular flexibility index (Phi) is 8.90. The summed E-state index contributed by atoms with van der Waals surface area (Å²) in [4.78, 5) is 14.4. The van der Waals surface area contributed by atoms with Crippen LogP contribution in [0, 0.1) is 17.0 Å². The van der Waals surface area contributed by atoms with E-state index in [2.05, 4.69) is 20.7 Å². The number of nitrogens with zero attached hydrogens (tertiary/aromatic N) is 4. The van der Waals surface area contributed by atoms with Gasteiger partial charge < -0.3 is 20.1 Å². The van der Waals surface area contributed by atoms with E-state index in [9.17, 15) is 10.1 Å². The van der Waals surface area contributed by atoms with Crippen molar-refractivity contribution >= 4 is 11.6 Å². The molecule has 0 fully saturated rings. The number of benzene rings is 1. The number of hydrogen-bond acceptors (Lipinski definition) is 6. The van der Waals surface area contributed by atoms with E-state index < -0.39 is 4.92 Å². The predicted octanol–water partition coefficient (Wildman–Crippen LogP) is 1.88. The first-order valence-electron chi connectivity index (χ1n) is 9.36. The molecule has 29 heavy (non-hydrogen) atoms. The maximum Gasteiger partial charge on any atom is 0.306 e. The summed E-state index contributed by atoms with van der Waals surface area (Å²) in [6, 6.07) is 6.09. The molecule has 0 aliphatic heterocycles. The Morgan fingerprint density at radius 1 is 1.34 bits per heavy atom. The molecule has 2 rings (SSSR count). The molecule has 0 bridgehead atoms. The third-order valence-corrected chi connectivity index (χ3v) is 4.11. The van der Waals surface area contributed by atoms with Gasteiger partial charge in [0, 0.05) is 45.8 Å². The Morgan fingerprint density at radius 3 is 2.86 bits per heavy atom. The second-order valence-corrected chi connectivity index (χ2v) is 6.38. The minimum absolute atomic E-state index is 0.0232. The standard InChI is InChI=1S/C19H28N6O4/c1-15-5-6-16(18(11-15)29-10-4-9-28-3)12-22-19(20-2)21-7-8-24-14-17(13-23-24)25(26)27/h5-6,11,13-14H,4,7-10,12H2,1-3H3,(H2,20,21,22). The molecule has 1 aromatic carbocycles. The number of nitrogens with one attached hydrogen (secondary N) is 2. The maximum atomic E-state index is 10.7. The molecule has 0 aliphatic rings. The van der Waals surface area contributed by atoms with Gasteiger partial charge >= 0.3 is 5.69 Å². The highest BCUT2D eigenvalue weighted by molar-refractivity contribution is 5.79. The zero-order valence-electron chi connectivity index (χ0n) is 17.1. The van der Waals surface area contributed by atoms with Crippen molar-refractivity contribution in [2.24, 2.45) is 4.99 Å². The van der Waals surface area contributed by atoms with Gasteiger partial charge in [0.05, 0.1) is 18.1 Å². The lowest BCUT2D eigenvalue weighted by Crippen LogP contribution is -2.38. The molecule has 0 saturated heterocycles. The van der Waals surface area contributed by atoms with Crippen LogP contribution in [-0.4, -0.2) is 54.6 Å². The summed E-state index contributed by atoms with van der Waals surface area (Å²) < 4.78 is 12.5. The second-order valence-electron chi connectivity index (χ2n) is 6.38. The number of aliphatic imine (C=N–C) groups is 1. The van der Waals surface area contributed by atoms with Gasteiger partial charge in [-0.3, -0.25) is 19.8 Å². The van der Waals surface area contributed by atoms with Crippen molar-refractivity contribution in [3.63, 3.8) is 0 Å². The number of methoxy groups -OCH3 is 1. The van der Waals surface area contributed by atoms with Gasteiger partial charge in [-0.1, -0.05) is 12.1 Å². The van der Waals surface area contributed by atoms with Crippen LogP contribution in [0.25, 0.3) is 0 Å². The van der Waals surface area contributed by atoms with Crippen LogP contribution < -0.4 is 15.4 Å². The summed E-state index contributed by atoms with van der Waals surface area (Å²) in [5.74, 6) is 1.46. The maximum absolute atomic E-state index is 10.7. The Balaban J connectivity index is 1.84. The van der Waals surface area contributed by atoms with E-state index >= 15 is 0 Å². The van der Waals surface area contributed by atoms with Crippen molar-refractivity contribution < 1.29 is 14.4 Å². The minimum Gasteiger partial charge on any atom is -0.493 e. The Labute approximate surface area is 170 Å². The highest BCUT2D eigenvalue weighted by Crippen LogP contribution is 2.20. The van der Waals surface area contributed by atoms with Crippen LogP contribution in [0.3, 0.4) is 0 Å². The molecular formula is C19H28N6O4. The lowest BCUT2D eigenvalue weighted by Gasteiger charge is -2.15. The van der Waals surface area contributed by atoms with Crippen molar-refractivity contribution in [1.82, 2.24) is 20.4 Å². The van der Waals surface area contributed by atoms with E-state index in [0.29, 0.717) is 38.8 Å². The van der Waals surface area contributed by atoms with Crippen molar-refractivity contribution in [1.29, 1.82) is 0 Å². The van der Waals surface area contributed by atoms with E-state index in [1.165, 1.54) is 17.1 Å². The van der Waals surface area contributed by atoms with Gasteiger partial charge in [-0.15, -0.1) is 0 Å². The fourth-order valence-electron chi connectivity index (χ4n) is 2.59. The molecule has 0 unspecified atom stereocenters. The molecule has 0 radical (unpaired) electrons. The molecule has 0 atom stereocenters. The molecule has 158 valence electrons. The van der Waals surface area contributed by atoms with Gasteiger partial charge in [-0.2, -0.15) is 5.10 Å². The first-order chi connectivity index (χ1) is 14.0. The van der Waals surface area contributed by atoms with E-state index in [0.717, 1.165) is 23.3 Å². The van der Waals surface area contributed by atoms with Crippen molar-refractivity contribution in [3.8, 4) is 5.75 Å². The highest BCUT2D eigenvalue weighted by Gasteiger charge is 2.09. The first kappa shape index (κ1) is 22.2. The SMILES string of the molecule is CN=C(NCCn1cc([N+](=O)[O-])cn1)NCc1ccc(C)cc1OCCCOC. The summed E-state index contributed by atoms with van der Waals surface area (Å²) in [5.41, 5.74) is 2.13. The van der Waals surface area contributed by atoms with Crippen molar-refractivity contribution in [3.05, 3.63) is 51.8 Å². The summed E-state index contributed by atoms with van der Waals surface area (Å²) in [6.45, 7) is 4.83. The van der Waals surface area contributed by atoms with E-state index in [4.69, 9.17) is 9.47 Å². The fraction of sp³-hybridized carbons (Fsp3) is 0.474.